The molecule has 8 heteroatoms. The fourth-order valence-electron chi connectivity index (χ4n) is 3.85. The Morgan fingerprint density at radius 1 is 1.29 bits per heavy atom. The van der Waals surface area contributed by atoms with E-state index < -0.39 is 11.4 Å². The average molecular weight is 335 g/mol. The highest BCUT2D eigenvalue weighted by molar-refractivity contribution is 5.97. The minimum atomic E-state index is -1.08. The zero-order valence-electron chi connectivity index (χ0n) is 14.0. The molecule has 3 rings (SSSR count). The predicted molar refractivity (Wildman–Crippen MR) is 82.3 cm³/mol. The van der Waals surface area contributed by atoms with Gasteiger partial charge in [0.2, 0.25) is 5.91 Å². The first kappa shape index (κ1) is 16.5. The number of aromatic nitrogens is 1. The van der Waals surface area contributed by atoms with Crippen LogP contribution < -0.4 is 0 Å². The monoisotopic (exact) mass is 335 g/mol. The van der Waals surface area contributed by atoms with Crippen molar-refractivity contribution in [2.45, 2.75) is 27.2 Å². The highest BCUT2D eigenvalue weighted by Gasteiger charge is 2.59. The van der Waals surface area contributed by atoms with E-state index in [2.05, 4.69) is 5.16 Å². The maximum atomic E-state index is 12.9. The zero-order chi connectivity index (χ0) is 17.6. The number of carboxylic acids is 1. The van der Waals surface area contributed by atoms with Crippen LogP contribution in [0.5, 0.6) is 0 Å². The van der Waals surface area contributed by atoms with Gasteiger partial charge >= 0.3 is 5.97 Å². The lowest BCUT2D eigenvalue weighted by Gasteiger charge is -2.25. The Bertz CT molecular complexity index is 713. The first-order valence-corrected chi connectivity index (χ1v) is 8.03. The van der Waals surface area contributed by atoms with Crippen molar-refractivity contribution in [2.75, 3.05) is 26.2 Å². The van der Waals surface area contributed by atoms with Crippen molar-refractivity contribution in [3.05, 3.63) is 17.0 Å². The van der Waals surface area contributed by atoms with Gasteiger partial charge in [-0.25, -0.2) is 0 Å². The van der Waals surface area contributed by atoms with Gasteiger partial charge < -0.3 is 19.4 Å². The highest BCUT2D eigenvalue weighted by Crippen LogP contribution is 2.43. The Kier molecular flexibility index (Phi) is 3.85. The normalized spacial score (nSPS) is 25.9. The van der Waals surface area contributed by atoms with Crippen LogP contribution in [0, 0.1) is 18.3 Å². The Balaban J connectivity index is 1.87. The molecular weight excluding hydrogens is 314 g/mol. The summed E-state index contributed by atoms with van der Waals surface area (Å²) in [7, 11) is 0. The molecule has 0 saturated carbocycles. The van der Waals surface area contributed by atoms with Gasteiger partial charge in [0, 0.05) is 39.0 Å². The molecule has 0 aromatic carbocycles. The molecule has 2 aliphatic rings. The van der Waals surface area contributed by atoms with Crippen LogP contribution in [0.2, 0.25) is 0 Å². The van der Waals surface area contributed by atoms with Crippen LogP contribution in [0.3, 0.4) is 0 Å². The zero-order valence-corrected chi connectivity index (χ0v) is 14.0. The third-order valence-electron chi connectivity index (χ3n) is 5.25. The second kappa shape index (κ2) is 5.61. The standard InChI is InChI=1S/C16H21N3O5/c1-4-12-13(9(2)24-17-12)14(21)19-6-11-5-18(10(3)20)7-16(11,8-19)15(22)23/h11H,4-8H2,1-3H3,(H,22,23)/t11-,16-/m0/s1. The number of carbonyl (C=O) groups is 3. The van der Waals surface area contributed by atoms with Crippen molar-refractivity contribution in [3.63, 3.8) is 0 Å². The number of likely N-dealkylation sites (tertiary alicyclic amines) is 2. The van der Waals surface area contributed by atoms with Gasteiger partial charge in [-0.1, -0.05) is 12.1 Å². The van der Waals surface area contributed by atoms with Crippen molar-refractivity contribution in [1.82, 2.24) is 15.0 Å². The summed E-state index contributed by atoms with van der Waals surface area (Å²) in [6.45, 7) is 5.95. The van der Waals surface area contributed by atoms with Crippen molar-refractivity contribution in [1.29, 1.82) is 0 Å². The first-order valence-electron chi connectivity index (χ1n) is 8.03. The number of nitrogens with zero attached hydrogens (tertiary/aromatic N) is 3. The molecule has 2 amide bonds. The molecule has 2 aliphatic heterocycles. The third-order valence-corrected chi connectivity index (χ3v) is 5.25. The second-order valence-corrected chi connectivity index (χ2v) is 6.66. The van der Waals surface area contributed by atoms with Crippen LogP contribution in [0.15, 0.2) is 4.52 Å². The summed E-state index contributed by atoms with van der Waals surface area (Å²) >= 11 is 0. The molecule has 1 N–H and O–H groups in total. The SMILES string of the molecule is CCc1noc(C)c1C(=O)N1C[C@@H]2CN(C(C)=O)C[C@]2(C(=O)O)C1. The Hall–Kier alpha value is -2.38. The molecule has 0 unspecified atom stereocenters. The molecule has 0 spiro atoms. The van der Waals surface area contributed by atoms with Crippen LogP contribution in [0.4, 0.5) is 0 Å². The molecular formula is C16H21N3O5. The number of carboxylic acid groups (broad SMARTS) is 1. The lowest BCUT2D eigenvalue weighted by molar-refractivity contribution is -0.149. The van der Waals surface area contributed by atoms with E-state index in [-0.39, 0.29) is 30.8 Å². The van der Waals surface area contributed by atoms with Gasteiger partial charge in [-0.3, -0.25) is 14.4 Å². The molecule has 0 radical (unpaired) electrons. The molecule has 2 atom stereocenters. The second-order valence-electron chi connectivity index (χ2n) is 6.66. The number of carbonyl (C=O) groups excluding carboxylic acids is 2. The Morgan fingerprint density at radius 2 is 1.92 bits per heavy atom. The molecule has 8 nitrogen and oxygen atoms in total. The van der Waals surface area contributed by atoms with Crippen LogP contribution >= 0.6 is 0 Å². The average Bonchev–Trinajstić information content (AvgIpc) is 3.16. The number of aryl methyl sites for hydroxylation is 2. The maximum Gasteiger partial charge on any atom is 0.313 e. The van der Waals surface area contributed by atoms with Crippen molar-refractivity contribution in [3.8, 4) is 0 Å². The third kappa shape index (κ3) is 2.28. The molecule has 130 valence electrons. The topological polar surface area (TPSA) is 104 Å². The van der Waals surface area contributed by atoms with Crippen molar-refractivity contribution in [2.24, 2.45) is 11.3 Å². The number of hydrogen-bond acceptors (Lipinski definition) is 5. The maximum absolute atomic E-state index is 12.9. The predicted octanol–water partition coefficient (Wildman–Crippen LogP) is 0.551. The molecule has 1 aromatic rings. The molecule has 2 saturated heterocycles. The van der Waals surface area contributed by atoms with Crippen LogP contribution in [0.1, 0.15) is 35.7 Å². The number of hydrogen-bond donors (Lipinski definition) is 1. The van der Waals surface area contributed by atoms with Gasteiger partial charge in [0.15, 0.2) is 0 Å². The Morgan fingerprint density at radius 3 is 2.46 bits per heavy atom. The smallest absolute Gasteiger partial charge is 0.313 e. The lowest BCUT2D eigenvalue weighted by atomic mass is 9.81. The molecule has 0 bridgehead atoms. The van der Waals surface area contributed by atoms with Crippen molar-refractivity contribution < 1.29 is 24.0 Å². The summed E-state index contributed by atoms with van der Waals surface area (Å²) in [5, 5.41) is 13.6. The molecule has 1 aromatic heterocycles. The lowest BCUT2D eigenvalue weighted by Crippen LogP contribution is -2.42. The van der Waals surface area contributed by atoms with E-state index in [1.807, 2.05) is 6.92 Å². The van der Waals surface area contributed by atoms with Gasteiger partial charge in [-0.2, -0.15) is 0 Å². The van der Waals surface area contributed by atoms with E-state index in [1.165, 1.54) is 6.92 Å². The summed E-state index contributed by atoms with van der Waals surface area (Å²) in [5.41, 5.74) is -0.0653. The van der Waals surface area contributed by atoms with E-state index in [1.54, 1.807) is 16.7 Å². The summed E-state index contributed by atoms with van der Waals surface area (Å²) in [5.74, 6) is -1.14. The quantitative estimate of drug-likeness (QED) is 0.865. The van der Waals surface area contributed by atoms with E-state index in [4.69, 9.17) is 4.52 Å². The van der Waals surface area contributed by atoms with Crippen LogP contribution in [-0.4, -0.2) is 64.0 Å². The number of rotatable bonds is 3. The number of fused-ring (bicyclic) bond motifs is 1. The van der Waals surface area contributed by atoms with Crippen LogP contribution in [-0.2, 0) is 16.0 Å². The molecule has 24 heavy (non-hydrogen) atoms. The van der Waals surface area contributed by atoms with Gasteiger partial charge in [-0.15, -0.1) is 0 Å². The molecule has 3 heterocycles. The Labute approximate surface area is 139 Å². The van der Waals surface area contributed by atoms with E-state index in [9.17, 15) is 19.5 Å². The fourth-order valence-corrected chi connectivity index (χ4v) is 3.85. The largest absolute Gasteiger partial charge is 0.481 e. The van der Waals surface area contributed by atoms with E-state index in [0.717, 1.165) is 0 Å². The number of amides is 2. The fraction of sp³-hybridized carbons (Fsp3) is 0.625. The van der Waals surface area contributed by atoms with E-state index in [0.29, 0.717) is 36.5 Å². The minimum absolute atomic E-state index is 0.101. The minimum Gasteiger partial charge on any atom is -0.481 e. The van der Waals surface area contributed by atoms with Gasteiger partial charge in [0.25, 0.3) is 5.91 Å². The van der Waals surface area contributed by atoms with Crippen molar-refractivity contribution >= 4 is 17.8 Å². The summed E-state index contributed by atoms with van der Waals surface area (Å²) in [6.07, 6.45) is 0.567. The summed E-state index contributed by atoms with van der Waals surface area (Å²) in [4.78, 5) is 39.5. The van der Waals surface area contributed by atoms with Gasteiger partial charge in [-0.05, 0) is 13.3 Å². The molecule has 2 fully saturated rings. The first-order chi connectivity index (χ1) is 11.3. The number of aliphatic carboxylic acids is 1. The summed E-state index contributed by atoms with van der Waals surface area (Å²) < 4.78 is 5.12. The summed E-state index contributed by atoms with van der Waals surface area (Å²) in [6, 6.07) is 0. The van der Waals surface area contributed by atoms with E-state index >= 15 is 0 Å². The van der Waals surface area contributed by atoms with Gasteiger partial charge in [0.1, 0.15) is 16.7 Å². The highest BCUT2D eigenvalue weighted by atomic mass is 16.5. The van der Waals surface area contributed by atoms with Gasteiger partial charge in [0.05, 0.1) is 5.69 Å². The van der Waals surface area contributed by atoms with Crippen LogP contribution in [0.25, 0.3) is 0 Å². The molecule has 0 aliphatic carbocycles.